The van der Waals surface area contributed by atoms with Gasteiger partial charge in [0.25, 0.3) is 0 Å². The molecule has 1 aromatic carbocycles. The Bertz CT molecular complexity index is 571. The van der Waals surface area contributed by atoms with Crippen molar-refractivity contribution in [1.29, 1.82) is 0 Å². The maximum atomic E-state index is 12.0. The topological polar surface area (TPSA) is 78.9 Å². The van der Waals surface area contributed by atoms with Crippen molar-refractivity contribution in [2.75, 3.05) is 13.1 Å². The number of nitrogens with zero attached hydrogens (tertiary/aromatic N) is 1. The van der Waals surface area contributed by atoms with Crippen molar-refractivity contribution >= 4 is 12.2 Å². The van der Waals surface area contributed by atoms with Crippen LogP contribution in [0.2, 0.25) is 0 Å². The second-order valence-corrected chi connectivity index (χ2v) is 5.45. The van der Waals surface area contributed by atoms with Gasteiger partial charge in [0.15, 0.2) is 0 Å². The molecule has 2 rings (SSSR count). The molecule has 0 radical (unpaired) electrons. The van der Waals surface area contributed by atoms with E-state index >= 15 is 0 Å². The number of carbonyl (C=O) groups excluding carboxylic acids is 1. The molecule has 1 atom stereocenters. The van der Waals surface area contributed by atoms with Gasteiger partial charge in [0, 0.05) is 13.1 Å². The standard InChI is InChI=1S/C17H22N2O4/c1-2-14-9-6-10-19(17(21)22)11-15(14)18-16(20)23-12-13-7-4-3-5-8-13/h2-5,7-8,15H,6,9-12H2,1H3,(H,18,20)(H,21,22)/b14-2-. The Hall–Kier alpha value is -2.50. The maximum Gasteiger partial charge on any atom is 0.408 e. The van der Waals surface area contributed by atoms with Crippen LogP contribution in [0.1, 0.15) is 25.3 Å². The lowest BCUT2D eigenvalue weighted by molar-refractivity contribution is 0.128. The van der Waals surface area contributed by atoms with E-state index in [4.69, 9.17) is 4.74 Å². The van der Waals surface area contributed by atoms with Crippen LogP contribution in [0, 0.1) is 0 Å². The summed E-state index contributed by atoms with van der Waals surface area (Å²) in [6, 6.07) is 9.07. The zero-order valence-corrected chi connectivity index (χ0v) is 13.2. The first-order chi connectivity index (χ1) is 11.1. The number of alkyl carbamates (subject to hydrolysis) is 1. The van der Waals surface area contributed by atoms with Crippen LogP contribution in [0.25, 0.3) is 0 Å². The minimum atomic E-state index is -0.966. The molecule has 23 heavy (non-hydrogen) atoms. The van der Waals surface area contributed by atoms with E-state index in [1.807, 2.05) is 43.3 Å². The third kappa shape index (κ3) is 5.02. The van der Waals surface area contributed by atoms with Gasteiger partial charge in [-0.3, -0.25) is 0 Å². The lowest BCUT2D eigenvalue weighted by Gasteiger charge is -2.23. The molecule has 6 nitrogen and oxygen atoms in total. The quantitative estimate of drug-likeness (QED) is 0.840. The van der Waals surface area contributed by atoms with E-state index in [9.17, 15) is 14.7 Å². The summed E-state index contributed by atoms with van der Waals surface area (Å²) in [5, 5.41) is 12.0. The van der Waals surface area contributed by atoms with Crippen molar-refractivity contribution in [1.82, 2.24) is 10.2 Å². The van der Waals surface area contributed by atoms with Crippen molar-refractivity contribution in [3.05, 3.63) is 47.5 Å². The van der Waals surface area contributed by atoms with Crippen molar-refractivity contribution in [3.63, 3.8) is 0 Å². The number of nitrogens with one attached hydrogen (secondary N) is 1. The molecule has 2 N–H and O–H groups in total. The van der Waals surface area contributed by atoms with E-state index in [0.29, 0.717) is 6.54 Å². The van der Waals surface area contributed by atoms with Crippen molar-refractivity contribution in [2.45, 2.75) is 32.4 Å². The Morgan fingerprint density at radius 3 is 2.78 bits per heavy atom. The Balaban J connectivity index is 1.94. The summed E-state index contributed by atoms with van der Waals surface area (Å²) in [5.41, 5.74) is 1.94. The summed E-state index contributed by atoms with van der Waals surface area (Å²) in [6.07, 6.45) is 1.96. The van der Waals surface area contributed by atoms with Gasteiger partial charge in [0.05, 0.1) is 6.04 Å². The third-order valence-corrected chi connectivity index (χ3v) is 3.89. The molecule has 0 spiro atoms. The number of ether oxygens (including phenoxy) is 1. The van der Waals surface area contributed by atoms with Crippen LogP contribution < -0.4 is 5.32 Å². The lowest BCUT2D eigenvalue weighted by Crippen LogP contribution is -2.45. The summed E-state index contributed by atoms with van der Waals surface area (Å²) in [7, 11) is 0. The van der Waals surface area contributed by atoms with Gasteiger partial charge in [0.1, 0.15) is 6.61 Å². The number of hydrogen-bond donors (Lipinski definition) is 2. The molecule has 0 aromatic heterocycles. The highest BCUT2D eigenvalue weighted by Crippen LogP contribution is 2.17. The summed E-state index contributed by atoms with van der Waals surface area (Å²) >= 11 is 0. The SMILES string of the molecule is C/C=C1/CCCN(C(=O)O)CC1NC(=O)OCc1ccccc1. The molecule has 1 unspecified atom stereocenters. The number of rotatable bonds is 3. The number of amides is 2. The number of carboxylic acid groups (broad SMARTS) is 1. The number of benzene rings is 1. The van der Waals surface area contributed by atoms with Gasteiger partial charge in [0.2, 0.25) is 0 Å². The second-order valence-electron chi connectivity index (χ2n) is 5.45. The average Bonchev–Trinajstić information content (AvgIpc) is 2.76. The predicted molar refractivity (Wildman–Crippen MR) is 86.1 cm³/mol. The van der Waals surface area contributed by atoms with Crippen LogP contribution in [0.3, 0.4) is 0 Å². The van der Waals surface area contributed by atoms with Crippen LogP contribution in [0.15, 0.2) is 42.0 Å². The number of allylic oxidation sites excluding steroid dienone is 1. The van der Waals surface area contributed by atoms with Crippen LogP contribution in [-0.2, 0) is 11.3 Å². The Kier molecular flexibility index (Phi) is 6.02. The lowest BCUT2D eigenvalue weighted by atomic mass is 10.0. The Morgan fingerprint density at radius 2 is 2.13 bits per heavy atom. The second kappa shape index (κ2) is 8.22. The molecule has 1 aliphatic rings. The largest absolute Gasteiger partial charge is 0.465 e. The normalized spacial score (nSPS) is 20.0. The number of likely N-dealkylation sites (tertiary alicyclic amines) is 1. The highest BCUT2D eigenvalue weighted by Gasteiger charge is 2.26. The molecule has 1 aliphatic heterocycles. The van der Waals surface area contributed by atoms with E-state index in [0.717, 1.165) is 24.0 Å². The van der Waals surface area contributed by atoms with Gasteiger partial charge in [-0.15, -0.1) is 0 Å². The van der Waals surface area contributed by atoms with Gasteiger partial charge >= 0.3 is 12.2 Å². The van der Waals surface area contributed by atoms with Crippen LogP contribution >= 0.6 is 0 Å². The van der Waals surface area contributed by atoms with Gasteiger partial charge < -0.3 is 20.1 Å². The van der Waals surface area contributed by atoms with Gasteiger partial charge in [-0.1, -0.05) is 42.0 Å². The highest BCUT2D eigenvalue weighted by atomic mass is 16.5. The molecule has 1 heterocycles. The Morgan fingerprint density at radius 1 is 1.39 bits per heavy atom. The summed E-state index contributed by atoms with van der Waals surface area (Å²) < 4.78 is 5.22. The predicted octanol–water partition coefficient (Wildman–Crippen LogP) is 3.00. The average molecular weight is 318 g/mol. The van der Waals surface area contributed by atoms with E-state index in [2.05, 4.69) is 5.32 Å². The zero-order valence-electron chi connectivity index (χ0n) is 13.2. The van der Waals surface area contributed by atoms with Crippen LogP contribution in [0.5, 0.6) is 0 Å². The first-order valence-electron chi connectivity index (χ1n) is 7.70. The summed E-state index contributed by atoms with van der Waals surface area (Å²) in [5.74, 6) is 0. The molecular weight excluding hydrogens is 296 g/mol. The fraction of sp³-hybridized carbons (Fsp3) is 0.412. The molecule has 0 saturated carbocycles. The molecule has 1 fully saturated rings. The molecule has 1 saturated heterocycles. The Labute approximate surface area is 135 Å². The van der Waals surface area contributed by atoms with E-state index in [-0.39, 0.29) is 19.2 Å². The van der Waals surface area contributed by atoms with Crippen molar-refractivity contribution < 1.29 is 19.4 Å². The molecule has 0 aliphatic carbocycles. The minimum absolute atomic E-state index is 0.188. The zero-order chi connectivity index (χ0) is 16.7. The van der Waals surface area contributed by atoms with Crippen molar-refractivity contribution in [3.8, 4) is 0 Å². The first-order valence-corrected chi connectivity index (χ1v) is 7.70. The third-order valence-electron chi connectivity index (χ3n) is 3.89. The fourth-order valence-electron chi connectivity index (χ4n) is 2.64. The number of hydrogen-bond acceptors (Lipinski definition) is 3. The summed E-state index contributed by atoms with van der Waals surface area (Å²) in [6.45, 7) is 2.81. The minimum Gasteiger partial charge on any atom is -0.465 e. The smallest absolute Gasteiger partial charge is 0.408 e. The van der Waals surface area contributed by atoms with E-state index in [1.165, 1.54) is 4.90 Å². The molecular formula is C17H22N2O4. The monoisotopic (exact) mass is 318 g/mol. The fourth-order valence-corrected chi connectivity index (χ4v) is 2.64. The van der Waals surface area contributed by atoms with Crippen LogP contribution in [-0.4, -0.2) is 41.3 Å². The van der Waals surface area contributed by atoms with Gasteiger partial charge in [-0.2, -0.15) is 0 Å². The number of carbonyl (C=O) groups is 2. The van der Waals surface area contributed by atoms with Gasteiger partial charge in [-0.25, -0.2) is 9.59 Å². The van der Waals surface area contributed by atoms with E-state index < -0.39 is 12.2 Å². The molecule has 1 aromatic rings. The highest BCUT2D eigenvalue weighted by molar-refractivity contribution is 5.69. The summed E-state index contributed by atoms with van der Waals surface area (Å²) in [4.78, 5) is 24.5. The molecule has 0 bridgehead atoms. The van der Waals surface area contributed by atoms with Gasteiger partial charge in [-0.05, 0) is 25.3 Å². The maximum absolute atomic E-state index is 12.0. The molecule has 6 heteroatoms. The molecule has 2 amide bonds. The molecule has 124 valence electrons. The van der Waals surface area contributed by atoms with Crippen molar-refractivity contribution in [2.24, 2.45) is 0 Å². The first kappa shape index (κ1) is 16.9. The van der Waals surface area contributed by atoms with Crippen LogP contribution in [0.4, 0.5) is 9.59 Å². The van der Waals surface area contributed by atoms with E-state index in [1.54, 1.807) is 0 Å².